The first-order valence-electron chi connectivity index (χ1n) is 8.05. The number of amides is 2. The van der Waals surface area contributed by atoms with Gasteiger partial charge in [0.25, 0.3) is 0 Å². The molecule has 0 fully saturated rings. The van der Waals surface area contributed by atoms with E-state index >= 15 is 0 Å². The quantitative estimate of drug-likeness (QED) is 0.752. The number of hydrogen-bond donors (Lipinski definition) is 3. The van der Waals surface area contributed by atoms with E-state index < -0.39 is 6.04 Å². The summed E-state index contributed by atoms with van der Waals surface area (Å²) in [6.07, 6.45) is 0.698. The maximum atomic E-state index is 12.0. The molecule has 2 aromatic rings. The summed E-state index contributed by atoms with van der Waals surface area (Å²) >= 11 is 1.62. The minimum atomic E-state index is -0.404. The highest BCUT2D eigenvalue weighted by atomic mass is 32.1. The van der Waals surface area contributed by atoms with Gasteiger partial charge < -0.3 is 15.7 Å². The molecule has 2 amide bonds. The monoisotopic (exact) mass is 347 g/mol. The highest BCUT2D eigenvalue weighted by Gasteiger charge is 2.17. The number of rotatable bonds is 6. The molecule has 0 saturated heterocycles. The molecule has 0 aliphatic carbocycles. The Balaban J connectivity index is 1.80. The molecule has 5 nitrogen and oxygen atoms in total. The van der Waals surface area contributed by atoms with Crippen molar-refractivity contribution in [3.63, 3.8) is 0 Å². The highest BCUT2D eigenvalue weighted by molar-refractivity contribution is 7.09. The average molecular weight is 347 g/mol. The number of aromatic nitrogens is 1. The lowest BCUT2D eigenvalue weighted by molar-refractivity contribution is 0.217. The van der Waals surface area contributed by atoms with E-state index in [9.17, 15) is 9.90 Å². The molecule has 0 aliphatic rings. The van der Waals surface area contributed by atoms with Gasteiger partial charge in [0.1, 0.15) is 0 Å². The van der Waals surface area contributed by atoms with Crippen molar-refractivity contribution in [2.75, 3.05) is 13.2 Å². The molecule has 2 rings (SSSR count). The minimum Gasteiger partial charge on any atom is -0.394 e. The number of benzene rings is 1. The predicted octanol–water partition coefficient (Wildman–Crippen LogP) is 3.02. The van der Waals surface area contributed by atoms with Crippen LogP contribution >= 0.6 is 11.3 Å². The van der Waals surface area contributed by atoms with E-state index in [1.54, 1.807) is 11.3 Å². The third-order valence-corrected chi connectivity index (χ3v) is 4.54. The Hall–Kier alpha value is -1.92. The van der Waals surface area contributed by atoms with Crippen LogP contribution in [0.3, 0.4) is 0 Å². The second-order valence-corrected chi connectivity index (χ2v) is 7.62. The summed E-state index contributed by atoms with van der Waals surface area (Å²) in [5, 5.41) is 18.2. The normalized spacial score (nSPS) is 12.7. The van der Waals surface area contributed by atoms with Crippen molar-refractivity contribution in [3.05, 3.63) is 52.0 Å². The van der Waals surface area contributed by atoms with E-state index in [1.807, 2.05) is 30.3 Å². The summed E-state index contributed by atoms with van der Waals surface area (Å²) in [7, 11) is 0. The first kappa shape index (κ1) is 18.4. The van der Waals surface area contributed by atoms with Gasteiger partial charge in [-0.15, -0.1) is 11.3 Å². The summed E-state index contributed by atoms with van der Waals surface area (Å²) in [5.74, 6) is 0. The maximum Gasteiger partial charge on any atom is 0.315 e. The van der Waals surface area contributed by atoms with Gasteiger partial charge in [-0.2, -0.15) is 0 Å². The second kappa shape index (κ2) is 8.26. The number of nitrogens with zero attached hydrogens (tertiary/aromatic N) is 1. The van der Waals surface area contributed by atoms with Crippen molar-refractivity contribution in [1.82, 2.24) is 15.6 Å². The van der Waals surface area contributed by atoms with Crippen LogP contribution in [0.4, 0.5) is 4.79 Å². The van der Waals surface area contributed by atoms with Crippen molar-refractivity contribution < 1.29 is 9.90 Å². The molecule has 130 valence electrons. The molecule has 0 spiro atoms. The van der Waals surface area contributed by atoms with E-state index in [1.165, 1.54) is 0 Å². The maximum absolute atomic E-state index is 12.0. The lowest BCUT2D eigenvalue weighted by atomic mass is 9.93. The molecular formula is C18H25N3O2S. The number of nitrogens with one attached hydrogen (secondary N) is 2. The molecule has 6 heteroatoms. The van der Waals surface area contributed by atoms with Gasteiger partial charge >= 0.3 is 6.03 Å². The van der Waals surface area contributed by atoms with Gasteiger partial charge in [-0.25, -0.2) is 9.78 Å². The van der Waals surface area contributed by atoms with E-state index in [0.717, 1.165) is 16.3 Å². The van der Waals surface area contributed by atoms with Crippen LogP contribution in [0, 0.1) is 0 Å². The molecule has 1 heterocycles. The molecule has 0 bridgehead atoms. The molecule has 1 aromatic heterocycles. The van der Waals surface area contributed by atoms with Gasteiger partial charge in [-0.3, -0.25) is 0 Å². The molecule has 1 unspecified atom stereocenters. The molecule has 3 N–H and O–H groups in total. The minimum absolute atomic E-state index is 0.0452. The average Bonchev–Trinajstić information content (AvgIpc) is 3.02. The first-order chi connectivity index (χ1) is 11.4. The van der Waals surface area contributed by atoms with Gasteiger partial charge in [0.05, 0.1) is 23.4 Å². The second-order valence-electron chi connectivity index (χ2n) is 6.67. The summed E-state index contributed by atoms with van der Waals surface area (Å²) in [5.41, 5.74) is 2.00. The van der Waals surface area contributed by atoms with Crippen LogP contribution in [0.2, 0.25) is 0 Å². The van der Waals surface area contributed by atoms with Gasteiger partial charge in [0, 0.05) is 23.8 Å². The molecule has 0 radical (unpaired) electrons. The summed E-state index contributed by atoms with van der Waals surface area (Å²) < 4.78 is 0. The third kappa shape index (κ3) is 5.32. The predicted molar refractivity (Wildman–Crippen MR) is 97.3 cm³/mol. The zero-order valence-electron chi connectivity index (χ0n) is 14.4. The van der Waals surface area contributed by atoms with Crippen molar-refractivity contribution in [3.8, 4) is 0 Å². The summed E-state index contributed by atoms with van der Waals surface area (Å²) in [6, 6.07) is 8.73. The first-order valence-corrected chi connectivity index (χ1v) is 8.93. The van der Waals surface area contributed by atoms with Crippen LogP contribution in [0.15, 0.2) is 35.7 Å². The van der Waals surface area contributed by atoms with Crippen molar-refractivity contribution in [1.29, 1.82) is 0 Å². The van der Waals surface area contributed by atoms with E-state index in [0.29, 0.717) is 13.0 Å². The van der Waals surface area contributed by atoms with E-state index in [-0.39, 0.29) is 18.1 Å². The van der Waals surface area contributed by atoms with Gasteiger partial charge in [0.15, 0.2) is 0 Å². The number of carbonyl (C=O) groups excluding carboxylic acids is 1. The number of carbonyl (C=O) groups is 1. The number of thiazole rings is 1. The van der Waals surface area contributed by atoms with Gasteiger partial charge in [-0.05, 0) is 5.56 Å². The number of urea groups is 1. The Labute approximate surface area is 147 Å². The lowest BCUT2D eigenvalue weighted by Gasteiger charge is -2.17. The van der Waals surface area contributed by atoms with Crippen LogP contribution < -0.4 is 10.6 Å². The smallest absolute Gasteiger partial charge is 0.315 e. The van der Waals surface area contributed by atoms with Gasteiger partial charge in [-0.1, -0.05) is 51.1 Å². The Morgan fingerprint density at radius 1 is 1.29 bits per heavy atom. The fourth-order valence-corrected chi connectivity index (χ4v) is 3.21. The molecule has 1 atom stereocenters. The largest absolute Gasteiger partial charge is 0.394 e. The van der Waals surface area contributed by atoms with Crippen LogP contribution in [0.5, 0.6) is 0 Å². The Kier molecular flexibility index (Phi) is 6.34. The van der Waals surface area contributed by atoms with E-state index in [4.69, 9.17) is 0 Å². The van der Waals surface area contributed by atoms with Crippen molar-refractivity contribution >= 4 is 17.4 Å². The summed E-state index contributed by atoms with van der Waals surface area (Å²) in [6.45, 7) is 6.77. The Morgan fingerprint density at radius 3 is 2.58 bits per heavy atom. The fourth-order valence-electron chi connectivity index (χ4n) is 2.18. The van der Waals surface area contributed by atoms with Crippen molar-refractivity contribution in [2.45, 2.75) is 38.6 Å². The summed E-state index contributed by atoms with van der Waals surface area (Å²) in [4.78, 5) is 16.6. The standard InChI is InChI=1S/C18H25N3O2S/c1-18(2,3)15-12-24-16(21-15)9-10-19-17(23)20-14(11-22)13-7-5-4-6-8-13/h4-8,12,14,22H,9-11H2,1-3H3,(H2,19,20,23). The number of hydrogen-bond acceptors (Lipinski definition) is 4. The van der Waals surface area contributed by atoms with E-state index in [2.05, 4.69) is 41.8 Å². The molecule has 24 heavy (non-hydrogen) atoms. The molecular weight excluding hydrogens is 322 g/mol. The Bertz CT molecular complexity index is 650. The zero-order valence-corrected chi connectivity index (χ0v) is 15.2. The SMILES string of the molecule is CC(C)(C)c1csc(CCNC(=O)NC(CO)c2ccccc2)n1. The zero-order chi connectivity index (χ0) is 17.6. The van der Waals surface area contributed by atoms with Crippen LogP contribution in [-0.2, 0) is 11.8 Å². The molecule has 0 saturated carbocycles. The Morgan fingerprint density at radius 2 is 2.00 bits per heavy atom. The third-order valence-electron chi connectivity index (χ3n) is 3.63. The van der Waals surface area contributed by atoms with Crippen LogP contribution in [-0.4, -0.2) is 29.3 Å². The lowest BCUT2D eigenvalue weighted by Crippen LogP contribution is -2.40. The van der Waals surface area contributed by atoms with Crippen LogP contribution in [0.1, 0.15) is 43.1 Å². The van der Waals surface area contributed by atoms with Gasteiger partial charge in [0.2, 0.25) is 0 Å². The number of aliphatic hydroxyl groups excluding tert-OH is 1. The topological polar surface area (TPSA) is 74.2 Å². The fraction of sp³-hybridized carbons (Fsp3) is 0.444. The molecule has 0 aliphatic heterocycles. The molecule has 1 aromatic carbocycles. The van der Waals surface area contributed by atoms with Crippen LogP contribution in [0.25, 0.3) is 0 Å². The highest BCUT2D eigenvalue weighted by Crippen LogP contribution is 2.23. The number of aliphatic hydroxyl groups is 1. The van der Waals surface area contributed by atoms with Crippen molar-refractivity contribution in [2.24, 2.45) is 0 Å².